The fraction of sp³-hybridized carbons (Fsp3) is 0.0769. The number of nitrogens with zero attached hydrogens (tertiary/aromatic N) is 1. The number of carbonyl (C=O) groups excluding carboxylic acids is 1. The molecule has 86 valence electrons. The number of carbonyl (C=O) groups is 1. The molecule has 0 saturated carbocycles. The highest BCUT2D eigenvalue weighted by Crippen LogP contribution is 2.10. The van der Waals surface area contributed by atoms with Gasteiger partial charge >= 0.3 is 0 Å². The van der Waals surface area contributed by atoms with Crippen LogP contribution < -0.4 is 5.32 Å². The molecule has 2 aromatic rings. The maximum absolute atomic E-state index is 11.7. The smallest absolute Gasteiger partial charge is 0.229 e. The van der Waals surface area contributed by atoms with Gasteiger partial charge in [0.15, 0.2) is 0 Å². The van der Waals surface area contributed by atoms with Crippen molar-refractivity contribution in [3.63, 3.8) is 0 Å². The maximum Gasteiger partial charge on any atom is 0.229 e. The number of aromatic nitrogens is 1. The van der Waals surface area contributed by atoms with Crippen LogP contribution in [0, 0.1) is 0 Å². The van der Waals surface area contributed by atoms with Crippen molar-refractivity contribution >= 4 is 27.7 Å². The minimum atomic E-state index is -0.0639. The fourth-order valence-electron chi connectivity index (χ4n) is 1.42. The van der Waals surface area contributed by atoms with Crippen molar-refractivity contribution in [2.45, 2.75) is 6.42 Å². The minimum absolute atomic E-state index is 0.0639. The van der Waals surface area contributed by atoms with Crippen LogP contribution in [0.25, 0.3) is 0 Å². The number of pyridine rings is 1. The normalized spacial score (nSPS) is 9.94. The first-order valence-electron chi connectivity index (χ1n) is 5.19. The third kappa shape index (κ3) is 3.67. The summed E-state index contributed by atoms with van der Waals surface area (Å²) in [6, 6.07) is 13.2. The Kier molecular flexibility index (Phi) is 3.88. The molecule has 0 fully saturated rings. The number of amides is 1. The third-order valence-corrected chi connectivity index (χ3v) is 2.67. The lowest BCUT2D eigenvalue weighted by Crippen LogP contribution is -2.15. The summed E-state index contributed by atoms with van der Waals surface area (Å²) < 4.78 is 0.888. The first-order valence-corrected chi connectivity index (χ1v) is 5.99. The van der Waals surface area contributed by atoms with Crippen LogP contribution in [0.2, 0.25) is 0 Å². The summed E-state index contributed by atoms with van der Waals surface area (Å²) in [5.74, 6) is 0.500. The Balaban J connectivity index is 1.96. The molecule has 0 bridgehead atoms. The molecule has 0 saturated heterocycles. The highest BCUT2D eigenvalue weighted by Gasteiger charge is 2.04. The molecule has 0 aliphatic rings. The molecule has 0 radical (unpaired) electrons. The Morgan fingerprint density at radius 3 is 2.59 bits per heavy atom. The van der Waals surface area contributed by atoms with E-state index >= 15 is 0 Å². The molecule has 0 aliphatic carbocycles. The predicted octanol–water partition coefficient (Wildman–Crippen LogP) is 3.03. The molecule has 3 nitrogen and oxygen atoms in total. The van der Waals surface area contributed by atoms with E-state index in [1.165, 1.54) is 0 Å². The van der Waals surface area contributed by atoms with E-state index in [1.54, 1.807) is 12.3 Å². The topological polar surface area (TPSA) is 42.0 Å². The van der Waals surface area contributed by atoms with Gasteiger partial charge in [0.05, 0.1) is 6.42 Å². The Morgan fingerprint density at radius 1 is 1.18 bits per heavy atom. The van der Waals surface area contributed by atoms with Crippen molar-refractivity contribution < 1.29 is 4.79 Å². The second-order valence-corrected chi connectivity index (χ2v) is 4.49. The number of hydrogen-bond acceptors (Lipinski definition) is 2. The molecule has 1 heterocycles. The van der Waals surface area contributed by atoms with Crippen LogP contribution in [0.1, 0.15) is 5.56 Å². The van der Waals surface area contributed by atoms with Crippen molar-refractivity contribution in [2.75, 3.05) is 5.32 Å². The lowest BCUT2D eigenvalue weighted by Gasteiger charge is -2.04. The monoisotopic (exact) mass is 290 g/mol. The second-order valence-electron chi connectivity index (χ2n) is 3.57. The highest BCUT2D eigenvalue weighted by atomic mass is 79.9. The standard InChI is InChI=1S/C13H11BrN2O/c14-11-6-7-12(15-9-11)16-13(17)8-10-4-2-1-3-5-10/h1-7,9H,8H2,(H,15,16,17). The molecule has 1 aromatic heterocycles. The van der Waals surface area contributed by atoms with Crippen LogP contribution in [0.15, 0.2) is 53.1 Å². The van der Waals surface area contributed by atoms with Gasteiger partial charge in [-0.25, -0.2) is 4.98 Å². The van der Waals surface area contributed by atoms with E-state index in [-0.39, 0.29) is 5.91 Å². The summed E-state index contributed by atoms with van der Waals surface area (Å²) in [4.78, 5) is 15.8. The summed E-state index contributed by atoms with van der Waals surface area (Å²) in [5.41, 5.74) is 0.988. The summed E-state index contributed by atoms with van der Waals surface area (Å²) in [6.45, 7) is 0. The van der Waals surface area contributed by atoms with E-state index in [4.69, 9.17) is 0 Å². The second kappa shape index (κ2) is 5.59. The number of benzene rings is 1. The lowest BCUT2D eigenvalue weighted by molar-refractivity contribution is -0.115. The SMILES string of the molecule is O=C(Cc1ccccc1)Nc1ccc(Br)cn1. The summed E-state index contributed by atoms with van der Waals surface area (Å²) in [7, 11) is 0. The molecular formula is C13H11BrN2O. The maximum atomic E-state index is 11.7. The Labute approximate surface area is 108 Å². The first kappa shape index (κ1) is 11.8. The Morgan fingerprint density at radius 2 is 1.94 bits per heavy atom. The number of rotatable bonds is 3. The van der Waals surface area contributed by atoms with Gasteiger partial charge in [0.25, 0.3) is 0 Å². The van der Waals surface area contributed by atoms with Crippen molar-refractivity contribution in [2.24, 2.45) is 0 Å². The molecule has 0 aliphatic heterocycles. The molecule has 1 amide bonds. The van der Waals surface area contributed by atoms with Gasteiger partial charge in [-0.05, 0) is 33.6 Å². The van der Waals surface area contributed by atoms with Gasteiger partial charge in [0, 0.05) is 10.7 Å². The predicted molar refractivity (Wildman–Crippen MR) is 70.7 cm³/mol. The van der Waals surface area contributed by atoms with Crippen molar-refractivity contribution in [3.8, 4) is 0 Å². The number of anilines is 1. The fourth-order valence-corrected chi connectivity index (χ4v) is 1.65. The molecular weight excluding hydrogens is 280 g/mol. The molecule has 0 atom stereocenters. The van der Waals surface area contributed by atoms with Crippen molar-refractivity contribution in [1.29, 1.82) is 0 Å². The summed E-state index contributed by atoms with van der Waals surface area (Å²) >= 11 is 3.29. The van der Waals surface area contributed by atoms with Crippen LogP contribution in [0.3, 0.4) is 0 Å². The number of halogens is 1. The van der Waals surface area contributed by atoms with Crippen molar-refractivity contribution in [1.82, 2.24) is 4.98 Å². The van der Waals surface area contributed by atoms with Crippen LogP contribution in [0.5, 0.6) is 0 Å². The van der Waals surface area contributed by atoms with Gasteiger partial charge in [0.2, 0.25) is 5.91 Å². The average molecular weight is 291 g/mol. The van der Waals surface area contributed by atoms with Gasteiger partial charge in [-0.1, -0.05) is 30.3 Å². The summed E-state index contributed by atoms with van der Waals surface area (Å²) in [5, 5.41) is 2.75. The highest BCUT2D eigenvalue weighted by molar-refractivity contribution is 9.10. The van der Waals surface area contributed by atoms with E-state index < -0.39 is 0 Å². The van der Waals surface area contributed by atoms with E-state index in [1.807, 2.05) is 36.4 Å². The molecule has 1 aromatic carbocycles. The van der Waals surface area contributed by atoms with Crippen LogP contribution in [-0.4, -0.2) is 10.9 Å². The zero-order valence-corrected chi connectivity index (χ0v) is 10.6. The minimum Gasteiger partial charge on any atom is -0.310 e. The van der Waals surface area contributed by atoms with Gasteiger partial charge in [-0.2, -0.15) is 0 Å². The quantitative estimate of drug-likeness (QED) is 0.944. The van der Waals surface area contributed by atoms with Gasteiger partial charge < -0.3 is 5.32 Å². The van der Waals surface area contributed by atoms with Gasteiger partial charge in [0.1, 0.15) is 5.82 Å². The molecule has 0 unspecified atom stereocenters. The number of hydrogen-bond donors (Lipinski definition) is 1. The molecule has 17 heavy (non-hydrogen) atoms. The molecule has 4 heteroatoms. The average Bonchev–Trinajstić information content (AvgIpc) is 2.33. The third-order valence-electron chi connectivity index (χ3n) is 2.20. The van der Waals surface area contributed by atoms with Crippen LogP contribution in [0.4, 0.5) is 5.82 Å². The Hall–Kier alpha value is -1.68. The van der Waals surface area contributed by atoms with E-state index in [9.17, 15) is 4.79 Å². The summed E-state index contributed by atoms with van der Waals surface area (Å²) in [6.07, 6.45) is 2.01. The van der Waals surface area contributed by atoms with E-state index in [0.29, 0.717) is 12.2 Å². The van der Waals surface area contributed by atoms with E-state index in [2.05, 4.69) is 26.2 Å². The van der Waals surface area contributed by atoms with Crippen LogP contribution >= 0.6 is 15.9 Å². The lowest BCUT2D eigenvalue weighted by atomic mass is 10.1. The Bertz CT molecular complexity index is 497. The largest absolute Gasteiger partial charge is 0.310 e. The van der Waals surface area contributed by atoms with Gasteiger partial charge in [-0.15, -0.1) is 0 Å². The number of nitrogens with one attached hydrogen (secondary N) is 1. The van der Waals surface area contributed by atoms with Gasteiger partial charge in [-0.3, -0.25) is 4.79 Å². The molecule has 2 rings (SSSR count). The zero-order valence-electron chi connectivity index (χ0n) is 9.06. The van der Waals surface area contributed by atoms with Crippen LogP contribution in [-0.2, 0) is 11.2 Å². The van der Waals surface area contributed by atoms with Crippen molar-refractivity contribution in [3.05, 3.63) is 58.7 Å². The molecule has 1 N–H and O–H groups in total. The van der Waals surface area contributed by atoms with E-state index in [0.717, 1.165) is 10.0 Å². The molecule has 0 spiro atoms. The first-order chi connectivity index (χ1) is 8.24. The zero-order chi connectivity index (χ0) is 12.1.